The van der Waals surface area contributed by atoms with E-state index in [2.05, 4.69) is 29.6 Å². The summed E-state index contributed by atoms with van der Waals surface area (Å²) >= 11 is 12.7. The van der Waals surface area contributed by atoms with E-state index in [1.165, 1.54) is 11.1 Å². The maximum absolute atomic E-state index is 8.61. The van der Waals surface area contributed by atoms with E-state index in [0.29, 0.717) is 27.6 Å². The average Bonchev–Trinajstić information content (AvgIpc) is 3.10. The maximum atomic E-state index is 8.61. The molecule has 0 spiro atoms. The van der Waals surface area contributed by atoms with E-state index >= 15 is 0 Å². The van der Waals surface area contributed by atoms with E-state index in [4.69, 9.17) is 33.2 Å². The van der Waals surface area contributed by atoms with Gasteiger partial charge in [-0.2, -0.15) is 5.26 Å². The number of anilines is 1. The highest BCUT2D eigenvalue weighted by Gasteiger charge is 2.38. The molecule has 0 saturated carbocycles. The zero-order valence-electron chi connectivity index (χ0n) is 13.4. The van der Waals surface area contributed by atoms with Crippen LogP contribution in [0.3, 0.4) is 0 Å². The van der Waals surface area contributed by atoms with Gasteiger partial charge in [-0.15, -0.1) is 0 Å². The Labute approximate surface area is 156 Å². The monoisotopic (exact) mass is 370 g/mol. The van der Waals surface area contributed by atoms with E-state index < -0.39 is 0 Å². The quantitative estimate of drug-likeness (QED) is 0.702. The minimum absolute atomic E-state index is 0.0549. The van der Waals surface area contributed by atoms with E-state index in [1.54, 1.807) is 6.07 Å². The van der Waals surface area contributed by atoms with Crippen molar-refractivity contribution in [1.82, 2.24) is 0 Å². The predicted octanol–water partition coefficient (Wildman–Crippen LogP) is 5.72. The van der Waals surface area contributed by atoms with Gasteiger partial charge in [0.1, 0.15) is 11.8 Å². The molecule has 126 valence electrons. The highest BCUT2D eigenvalue weighted by molar-refractivity contribution is 6.36. The van der Waals surface area contributed by atoms with Crippen molar-refractivity contribution in [2.75, 3.05) is 11.9 Å². The van der Waals surface area contributed by atoms with Gasteiger partial charge in [-0.05, 0) is 47.7 Å². The number of benzene rings is 2. The van der Waals surface area contributed by atoms with Gasteiger partial charge in [0.2, 0.25) is 0 Å². The molecule has 2 aromatic rings. The number of allylic oxidation sites excluding steroid dienone is 2. The number of hydrogen-bond acceptors (Lipinski definition) is 3. The Morgan fingerprint density at radius 1 is 1.20 bits per heavy atom. The smallest absolute Gasteiger partial charge is 0.174 e. The Morgan fingerprint density at radius 3 is 2.76 bits per heavy atom. The van der Waals surface area contributed by atoms with Gasteiger partial charge in [-0.25, -0.2) is 0 Å². The van der Waals surface area contributed by atoms with Gasteiger partial charge in [0.15, 0.2) is 6.61 Å². The van der Waals surface area contributed by atoms with Gasteiger partial charge >= 0.3 is 0 Å². The Hall–Kier alpha value is -2.15. The van der Waals surface area contributed by atoms with Gasteiger partial charge in [-0.3, -0.25) is 0 Å². The van der Waals surface area contributed by atoms with Gasteiger partial charge < -0.3 is 10.1 Å². The van der Waals surface area contributed by atoms with Crippen LogP contribution in [-0.4, -0.2) is 6.61 Å². The molecule has 0 unspecified atom stereocenters. The Morgan fingerprint density at radius 2 is 2.00 bits per heavy atom. The highest BCUT2D eigenvalue weighted by Crippen LogP contribution is 2.52. The lowest BCUT2D eigenvalue weighted by molar-refractivity contribution is 0.367. The second-order valence-corrected chi connectivity index (χ2v) is 7.19. The molecule has 0 aromatic heterocycles. The van der Waals surface area contributed by atoms with Gasteiger partial charge in [-0.1, -0.05) is 47.5 Å². The van der Waals surface area contributed by atoms with E-state index in [1.807, 2.05) is 24.3 Å². The lowest BCUT2D eigenvalue weighted by atomic mass is 9.77. The summed E-state index contributed by atoms with van der Waals surface area (Å²) in [5, 5.41) is 13.6. The molecule has 0 fully saturated rings. The zero-order chi connectivity index (χ0) is 17.4. The van der Waals surface area contributed by atoms with Gasteiger partial charge in [0.25, 0.3) is 0 Å². The van der Waals surface area contributed by atoms with Crippen molar-refractivity contribution in [2.24, 2.45) is 5.92 Å². The molecule has 0 bridgehead atoms. The van der Waals surface area contributed by atoms with Crippen molar-refractivity contribution in [2.45, 2.75) is 18.4 Å². The normalized spacial score (nSPS) is 23.3. The molecule has 0 saturated heterocycles. The molecule has 5 heteroatoms. The number of nitriles is 1. The minimum Gasteiger partial charge on any atom is -0.479 e. The lowest BCUT2D eigenvalue weighted by Crippen LogP contribution is -2.29. The molecule has 3 nitrogen and oxygen atoms in total. The highest BCUT2D eigenvalue weighted by atomic mass is 35.5. The Bertz CT molecular complexity index is 871. The minimum atomic E-state index is 0.0549. The SMILES string of the molecule is N#CCOc1ccc([C@H]2Nc3c(Cl)cc(Cl)cc3[C@H]3C=CC[C@H]32)cc1. The summed E-state index contributed by atoms with van der Waals surface area (Å²) in [6, 6.07) is 13.8. The Kier molecular flexibility index (Phi) is 4.33. The fourth-order valence-corrected chi connectivity index (χ4v) is 4.40. The first-order valence-electron chi connectivity index (χ1n) is 8.19. The number of fused-ring (bicyclic) bond motifs is 3. The molecule has 25 heavy (non-hydrogen) atoms. The first-order chi connectivity index (χ1) is 12.2. The molecule has 2 aliphatic rings. The molecule has 1 aliphatic carbocycles. The van der Waals surface area contributed by atoms with Crippen LogP contribution in [0.2, 0.25) is 10.0 Å². The summed E-state index contributed by atoms with van der Waals surface area (Å²) in [5.74, 6) is 1.44. The lowest BCUT2D eigenvalue weighted by Gasteiger charge is -2.38. The molecule has 1 N–H and O–H groups in total. The van der Waals surface area contributed by atoms with Crippen LogP contribution in [0.4, 0.5) is 5.69 Å². The van der Waals surface area contributed by atoms with Gasteiger partial charge in [0, 0.05) is 10.9 Å². The molecule has 0 amide bonds. The molecular formula is C20H16Cl2N2O. The molecule has 4 rings (SSSR count). The van der Waals surface area contributed by atoms with Crippen LogP contribution in [0.1, 0.15) is 29.5 Å². The van der Waals surface area contributed by atoms with Crippen LogP contribution in [0.25, 0.3) is 0 Å². The van der Waals surface area contributed by atoms with E-state index in [-0.39, 0.29) is 12.6 Å². The van der Waals surface area contributed by atoms with E-state index in [9.17, 15) is 0 Å². The summed E-state index contributed by atoms with van der Waals surface area (Å²) in [5.41, 5.74) is 3.31. The van der Waals surface area contributed by atoms with Crippen LogP contribution in [0, 0.1) is 17.2 Å². The average molecular weight is 371 g/mol. The largest absolute Gasteiger partial charge is 0.479 e. The fourth-order valence-electron chi connectivity index (χ4n) is 3.84. The molecule has 3 atom stereocenters. The van der Waals surface area contributed by atoms with Crippen LogP contribution < -0.4 is 10.1 Å². The number of ether oxygens (including phenoxy) is 1. The molecular weight excluding hydrogens is 355 g/mol. The summed E-state index contributed by atoms with van der Waals surface area (Å²) in [7, 11) is 0. The third-order valence-corrected chi connectivity index (χ3v) is 5.44. The molecule has 1 aliphatic heterocycles. The van der Waals surface area contributed by atoms with Crippen molar-refractivity contribution < 1.29 is 4.74 Å². The predicted molar refractivity (Wildman–Crippen MR) is 100 cm³/mol. The van der Waals surface area contributed by atoms with Crippen LogP contribution >= 0.6 is 23.2 Å². The van der Waals surface area contributed by atoms with Crippen LogP contribution in [0.15, 0.2) is 48.6 Å². The maximum Gasteiger partial charge on any atom is 0.174 e. The number of hydrogen-bond donors (Lipinski definition) is 1. The second kappa shape index (κ2) is 6.63. The second-order valence-electron chi connectivity index (χ2n) is 6.34. The zero-order valence-corrected chi connectivity index (χ0v) is 14.9. The standard InChI is InChI=1S/C20H16Cl2N2O/c21-13-10-17-15-2-1-3-16(15)19(24-20(17)18(22)11-13)12-4-6-14(7-5-12)25-9-8-23/h1-2,4-7,10-11,15-16,19,24H,3,9H2/t15-,16+,19+/m0/s1. The van der Waals surface area contributed by atoms with E-state index in [0.717, 1.165) is 12.1 Å². The summed E-state index contributed by atoms with van der Waals surface area (Å²) in [6.45, 7) is 0.0549. The summed E-state index contributed by atoms with van der Waals surface area (Å²) in [4.78, 5) is 0. The first kappa shape index (κ1) is 16.3. The topological polar surface area (TPSA) is 45.0 Å². The summed E-state index contributed by atoms with van der Waals surface area (Å²) in [6.07, 6.45) is 5.51. The Balaban J connectivity index is 1.68. The summed E-state index contributed by atoms with van der Waals surface area (Å²) < 4.78 is 5.34. The number of nitrogens with zero attached hydrogens (tertiary/aromatic N) is 1. The van der Waals surface area contributed by atoms with Crippen molar-refractivity contribution in [3.05, 3.63) is 69.7 Å². The number of rotatable bonds is 3. The van der Waals surface area contributed by atoms with Crippen molar-refractivity contribution in [3.63, 3.8) is 0 Å². The van der Waals surface area contributed by atoms with Crippen LogP contribution in [0.5, 0.6) is 5.75 Å². The fraction of sp³-hybridized carbons (Fsp3) is 0.250. The molecule has 1 heterocycles. The van der Waals surface area contributed by atoms with Crippen molar-refractivity contribution in [1.29, 1.82) is 5.26 Å². The van der Waals surface area contributed by atoms with Crippen LogP contribution in [-0.2, 0) is 0 Å². The third-order valence-electron chi connectivity index (χ3n) is 4.93. The molecule has 2 aromatic carbocycles. The van der Waals surface area contributed by atoms with Crippen molar-refractivity contribution in [3.8, 4) is 11.8 Å². The number of halogens is 2. The molecule has 0 radical (unpaired) electrons. The third kappa shape index (κ3) is 2.97. The van der Waals surface area contributed by atoms with Gasteiger partial charge in [0.05, 0.1) is 16.8 Å². The first-order valence-corrected chi connectivity index (χ1v) is 8.95. The van der Waals surface area contributed by atoms with Crippen molar-refractivity contribution >= 4 is 28.9 Å². The number of nitrogens with one attached hydrogen (secondary N) is 1.